The number of ether oxygens (including phenoxy) is 2. The maximum absolute atomic E-state index is 12.7. The first kappa shape index (κ1) is 49.9. The minimum Gasteiger partial charge on any atom is -0.497 e. The number of carbonyl (C=O) groups excluding carboxylic acids is 3. The third-order valence-corrected chi connectivity index (χ3v) is 10.5. The van der Waals surface area contributed by atoms with Crippen LogP contribution >= 0.6 is 12.4 Å². The molecule has 0 saturated carbocycles. The molecule has 2 saturated heterocycles. The third-order valence-electron chi connectivity index (χ3n) is 10.5. The lowest BCUT2D eigenvalue weighted by Gasteiger charge is -2.38. The van der Waals surface area contributed by atoms with Crippen molar-refractivity contribution in [1.82, 2.24) is 19.8 Å². The van der Waals surface area contributed by atoms with E-state index in [1.54, 1.807) is 26.0 Å². The number of pyridine rings is 2. The van der Waals surface area contributed by atoms with Crippen LogP contribution in [0.15, 0.2) is 85.2 Å². The molecule has 4 heterocycles. The topological polar surface area (TPSA) is 154 Å². The Kier molecular flexibility index (Phi) is 18.4. The molecule has 4 N–H and O–H groups in total. The van der Waals surface area contributed by atoms with E-state index in [-0.39, 0.29) is 66.4 Å². The van der Waals surface area contributed by atoms with Crippen molar-refractivity contribution in [3.05, 3.63) is 113 Å². The van der Waals surface area contributed by atoms with Crippen molar-refractivity contribution in [2.24, 2.45) is 11.7 Å². The summed E-state index contributed by atoms with van der Waals surface area (Å²) in [7, 11) is 3.25. The molecule has 0 spiro atoms. The van der Waals surface area contributed by atoms with Crippen LogP contribution in [0.1, 0.15) is 73.0 Å². The zero-order valence-corrected chi connectivity index (χ0v) is 35.0. The van der Waals surface area contributed by atoms with Crippen molar-refractivity contribution >= 4 is 35.7 Å². The molecule has 1 unspecified atom stereocenters. The molecule has 332 valence electrons. The van der Waals surface area contributed by atoms with Gasteiger partial charge in [-0.25, -0.2) is 4.98 Å². The number of amides is 2. The Morgan fingerprint density at radius 2 is 1.15 bits per heavy atom. The van der Waals surface area contributed by atoms with Crippen LogP contribution in [0.2, 0.25) is 0 Å². The SMILES string of the molecule is COc1ccc(C2CCN(C(C)=O)C[C@H]2CC(=O)Cc2ccc(C(F)(F)F)nc2)cc1.COc1ccc([C@@H]2CCN(C(C)=O)C[C@H]2N)cc1.Cl.Nc1ccc(C(F)(F)F)nc1. The number of benzene rings is 2. The monoisotopic (exact) mass is 880 g/mol. The highest BCUT2D eigenvalue weighted by Gasteiger charge is 2.35. The van der Waals surface area contributed by atoms with E-state index >= 15 is 0 Å². The van der Waals surface area contributed by atoms with Gasteiger partial charge in [0.15, 0.2) is 0 Å². The second kappa shape index (κ2) is 22.4. The first-order chi connectivity index (χ1) is 28.3. The average Bonchev–Trinajstić information content (AvgIpc) is 3.21. The van der Waals surface area contributed by atoms with Crippen LogP contribution in [-0.2, 0) is 33.2 Å². The molecule has 11 nitrogen and oxygen atoms in total. The summed E-state index contributed by atoms with van der Waals surface area (Å²) in [5, 5.41) is 0. The van der Waals surface area contributed by atoms with E-state index in [1.807, 2.05) is 41.3 Å². The number of methoxy groups -OCH3 is 2. The molecule has 4 atom stereocenters. The van der Waals surface area contributed by atoms with Crippen LogP contribution in [-0.4, -0.2) is 83.8 Å². The van der Waals surface area contributed by atoms with Crippen molar-refractivity contribution < 1.29 is 50.2 Å². The van der Waals surface area contributed by atoms with Crippen molar-refractivity contribution in [3.8, 4) is 11.5 Å². The Morgan fingerprint density at radius 3 is 1.56 bits per heavy atom. The van der Waals surface area contributed by atoms with Gasteiger partial charge in [-0.2, -0.15) is 26.3 Å². The van der Waals surface area contributed by atoms with E-state index in [0.717, 1.165) is 67.0 Å². The highest BCUT2D eigenvalue weighted by molar-refractivity contribution is 5.85. The fourth-order valence-corrected chi connectivity index (χ4v) is 7.21. The largest absolute Gasteiger partial charge is 0.497 e. The molecule has 2 aromatic carbocycles. The molecule has 0 bridgehead atoms. The van der Waals surface area contributed by atoms with E-state index < -0.39 is 23.7 Å². The van der Waals surface area contributed by atoms with E-state index in [0.29, 0.717) is 31.1 Å². The summed E-state index contributed by atoms with van der Waals surface area (Å²) in [6, 6.07) is 19.9. The number of rotatable bonds is 8. The lowest BCUT2D eigenvalue weighted by molar-refractivity contribution is -0.142. The van der Waals surface area contributed by atoms with Crippen LogP contribution in [0.4, 0.5) is 32.0 Å². The fraction of sp³-hybridized carbons (Fsp3) is 0.419. The van der Waals surface area contributed by atoms with Crippen LogP contribution in [0, 0.1) is 5.92 Å². The minimum absolute atomic E-state index is 0. The number of anilines is 1. The number of carbonyl (C=O) groups is 3. The van der Waals surface area contributed by atoms with E-state index in [1.165, 1.54) is 18.6 Å². The quantitative estimate of drug-likeness (QED) is 0.169. The standard InChI is InChI=1S/C23H25F3N2O3.C14H20N2O2.C6H5F3N2.ClH/c1-15(29)28-10-9-21(17-4-6-20(31-2)7-5-17)18(14-28)12-19(30)11-16-3-8-22(27-13-16)23(24,25)26;1-10(17)16-8-7-13(14(15)9-16)11-3-5-12(18-2)6-4-11;7-6(8,9)5-2-1-4(10)3-11-5;/h3-8,13,18,21H,9-12,14H2,1-2H3;3-6,13-14H,7-9,15H2,1-2H3;1-3H,10H2;1H/t18-,21?;13-,14+;;/m10../s1. The van der Waals surface area contributed by atoms with Crippen molar-refractivity contribution in [2.45, 2.75) is 69.8 Å². The van der Waals surface area contributed by atoms with Gasteiger partial charge in [0.05, 0.1) is 26.1 Å². The van der Waals surface area contributed by atoms with Gasteiger partial charge < -0.3 is 30.7 Å². The van der Waals surface area contributed by atoms with Gasteiger partial charge >= 0.3 is 12.4 Å². The van der Waals surface area contributed by atoms with Gasteiger partial charge in [0.1, 0.15) is 28.7 Å². The molecule has 61 heavy (non-hydrogen) atoms. The number of hydrogen-bond acceptors (Lipinski definition) is 9. The second-order valence-electron chi connectivity index (χ2n) is 14.6. The number of nitrogens with two attached hydrogens (primary N) is 2. The van der Waals surface area contributed by atoms with Gasteiger partial charge in [0.25, 0.3) is 0 Å². The molecule has 0 radical (unpaired) electrons. The fourth-order valence-electron chi connectivity index (χ4n) is 7.21. The molecule has 6 rings (SSSR count). The number of nitrogens with zero attached hydrogens (tertiary/aromatic N) is 4. The van der Waals surface area contributed by atoms with Gasteiger partial charge in [-0.05, 0) is 83.8 Å². The first-order valence-corrected chi connectivity index (χ1v) is 19.2. The van der Waals surface area contributed by atoms with Crippen molar-refractivity contribution in [3.63, 3.8) is 0 Å². The first-order valence-electron chi connectivity index (χ1n) is 19.2. The Morgan fingerprint density at radius 1 is 0.689 bits per heavy atom. The van der Waals surface area contributed by atoms with Gasteiger partial charge in [0.2, 0.25) is 11.8 Å². The maximum atomic E-state index is 12.7. The zero-order chi connectivity index (χ0) is 44.2. The molecular formula is C43H51ClF6N6O5. The highest BCUT2D eigenvalue weighted by atomic mass is 35.5. The van der Waals surface area contributed by atoms with E-state index in [9.17, 15) is 40.7 Å². The summed E-state index contributed by atoms with van der Waals surface area (Å²) in [6.07, 6.45) is -4.90. The number of piperidine rings is 2. The molecule has 0 aliphatic carbocycles. The van der Waals surface area contributed by atoms with Crippen LogP contribution < -0.4 is 20.9 Å². The van der Waals surface area contributed by atoms with Crippen LogP contribution in [0.3, 0.4) is 0 Å². The Labute approximate surface area is 357 Å². The Balaban J connectivity index is 0.000000277. The molecule has 2 aliphatic heterocycles. The number of likely N-dealkylation sites (tertiary alicyclic amines) is 2. The highest BCUT2D eigenvalue weighted by Crippen LogP contribution is 2.37. The van der Waals surface area contributed by atoms with Crippen LogP contribution in [0.25, 0.3) is 0 Å². The maximum Gasteiger partial charge on any atom is 0.433 e. The lowest BCUT2D eigenvalue weighted by Crippen LogP contribution is -2.48. The molecule has 18 heteroatoms. The summed E-state index contributed by atoms with van der Waals surface area (Å²) in [6.45, 7) is 5.65. The van der Waals surface area contributed by atoms with Crippen molar-refractivity contribution in [1.29, 1.82) is 0 Å². The minimum atomic E-state index is -4.51. The third kappa shape index (κ3) is 14.9. The van der Waals surface area contributed by atoms with Crippen molar-refractivity contribution in [2.75, 3.05) is 46.1 Å². The van der Waals surface area contributed by atoms with E-state index in [4.69, 9.17) is 20.9 Å². The Bertz CT molecular complexity index is 2000. The normalized spacial score (nSPS) is 18.9. The predicted octanol–water partition coefficient (Wildman–Crippen LogP) is 7.73. The van der Waals surface area contributed by atoms with Gasteiger partial charge in [0, 0.05) is 71.0 Å². The molecular weight excluding hydrogens is 830 g/mol. The molecule has 2 fully saturated rings. The summed E-state index contributed by atoms with van der Waals surface area (Å²) in [5.74, 6) is 1.95. The van der Waals surface area contributed by atoms with Crippen LogP contribution in [0.5, 0.6) is 11.5 Å². The molecule has 2 amide bonds. The second-order valence-corrected chi connectivity index (χ2v) is 14.6. The number of hydrogen-bond donors (Lipinski definition) is 2. The molecule has 4 aromatic rings. The number of aromatic nitrogens is 2. The molecule has 2 aliphatic rings. The zero-order valence-electron chi connectivity index (χ0n) is 34.2. The smallest absolute Gasteiger partial charge is 0.433 e. The van der Waals surface area contributed by atoms with Gasteiger partial charge in [-0.15, -0.1) is 12.4 Å². The summed E-state index contributed by atoms with van der Waals surface area (Å²) >= 11 is 0. The number of nitrogen functional groups attached to an aromatic ring is 1. The van der Waals surface area contributed by atoms with E-state index in [2.05, 4.69) is 22.1 Å². The summed E-state index contributed by atoms with van der Waals surface area (Å²) in [4.78, 5) is 46.0. The lowest BCUT2D eigenvalue weighted by atomic mass is 9.77. The summed E-state index contributed by atoms with van der Waals surface area (Å²) in [5.41, 5.74) is 12.4. The summed E-state index contributed by atoms with van der Waals surface area (Å²) < 4.78 is 83.8. The Hall–Kier alpha value is -5.42. The van der Waals surface area contributed by atoms with Gasteiger partial charge in [-0.3, -0.25) is 19.4 Å². The predicted molar refractivity (Wildman–Crippen MR) is 220 cm³/mol. The number of alkyl halides is 6. The molecule has 2 aromatic heterocycles. The number of halogens is 7. The number of Topliss-reactive ketones (excluding diaryl/α,β-unsaturated/α-hetero) is 1. The van der Waals surface area contributed by atoms with Gasteiger partial charge in [-0.1, -0.05) is 30.3 Å². The number of ketones is 1. The average molecular weight is 881 g/mol.